The van der Waals surface area contributed by atoms with Crippen molar-refractivity contribution >= 4 is 35.3 Å². The Morgan fingerprint density at radius 3 is 2.54 bits per heavy atom. The number of carbonyl (C=O) groups excluding carboxylic acids is 1. The summed E-state index contributed by atoms with van der Waals surface area (Å²) in [6, 6.07) is 1.97. The van der Waals surface area contributed by atoms with E-state index in [2.05, 4.69) is 14.9 Å². The maximum atomic E-state index is 12.2. The van der Waals surface area contributed by atoms with Gasteiger partial charge in [-0.25, -0.2) is 14.8 Å². The first-order valence-electron chi connectivity index (χ1n) is 7.99. The highest BCUT2D eigenvalue weighted by Gasteiger charge is 2.29. The first-order valence-corrected chi connectivity index (χ1v) is 9.59. The van der Waals surface area contributed by atoms with Gasteiger partial charge in [-0.1, -0.05) is 23.4 Å². The largest absolute Gasteiger partial charge is 0.444 e. The average Bonchev–Trinajstić information content (AvgIpc) is 2.52. The van der Waals surface area contributed by atoms with E-state index in [1.807, 2.05) is 34.1 Å². The SMILES string of the molecule is CSc1nc(Cl)cc(N2CCC(N(C)C(=O)OC(C)(C)C)CC2)n1. The molecule has 0 radical (unpaired) electrons. The molecule has 2 rings (SSSR count). The predicted octanol–water partition coefficient (Wildman–Crippen LogP) is 3.69. The summed E-state index contributed by atoms with van der Waals surface area (Å²) in [5, 5.41) is 1.13. The minimum atomic E-state index is -0.474. The van der Waals surface area contributed by atoms with E-state index in [9.17, 15) is 4.79 Å². The van der Waals surface area contributed by atoms with Gasteiger partial charge >= 0.3 is 6.09 Å². The number of rotatable bonds is 3. The van der Waals surface area contributed by atoms with Crippen LogP contribution in [-0.2, 0) is 4.74 Å². The lowest BCUT2D eigenvalue weighted by Crippen LogP contribution is -2.47. The van der Waals surface area contributed by atoms with E-state index in [4.69, 9.17) is 16.3 Å². The summed E-state index contributed by atoms with van der Waals surface area (Å²) in [6.45, 7) is 7.27. The molecule has 0 aromatic carbocycles. The van der Waals surface area contributed by atoms with Crippen LogP contribution in [0.4, 0.5) is 10.6 Å². The molecule has 1 amide bonds. The molecule has 0 spiro atoms. The topological polar surface area (TPSA) is 58.6 Å². The van der Waals surface area contributed by atoms with Crippen molar-refractivity contribution in [1.29, 1.82) is 0 Å². The molecular formula is C16H25ClN4O2S. The van der Waals surface area contributed by atoms with Gasteiger partial charge < -0.3 is 14.5 Å². The quantitative estimate of drug-likeness (QED) is 0.458. The minimum Gasteiger partial charge on any atom is -0.444 e. The summed E-state index contributed by atoms with van der Waals surface area (Å²) >= 11 is 7.54. The van der Waals surface area contributed by atoms with E-state index in [1.54, 1.807) is 11.0 Å². The molecule has 1 aromatic rings. The summed E-state index contributed by atoms with van der Waals surface area (Å²) < 4.78 is 5.44. The van der Waals surface area contributed by atoms with Gasteiger partial charge in [0, 0.05) is 32.2 Å². The molecule has 0 N–H and O–H groups in total. The van der Waals surface area contributed by atoms with Gasteiger partial charge in [0.1, 0.15) is 16.6 Å². The van der Waals surface area contributed by atoms with Gasteiger partial charge in [-0.2, -0.15) is 0 Å². The van der Waals surface area contributed by atoms with Gasteiger partial charge in [-0.3, -0.25) is 0 Å². The number of halogens is 1. The van der Waals surface area contributed by atoms with Crippen LogP contribution in [0.5, 0.6) is 0 Å². The van der Waals surface area contributed by atoms with Crippen LogP contribution in [0, 0.1) is 0 Å². The van der Waals surface area contributed by atoms with Crippen LogP contribution < -0.4 is 4.90 Å². The maximum Gasteiger partial charge on any atom is 0.410 e. The molecule has 0 bridgehead atoms. The van der Waals surface area contributed by atoms with E-state index < -0.39 is 5.60 Å². The van der Waals surface area contributed by atoms with Gasteiger partial charge in [0.2, 0.25) is 0 Å². The van der Waals surface area contributed by atoms with Gasteiger partial charge in [0.05, 0.1) is 0 Å². The number of ether oxygens (including phenoxy) is 1. The Morgan fingerprint density at radius 2 is 2.00 bits per heavy atom. The molecule has 0 unspecified atom stereocenters. The Hall–Kier alpha value is -1.21. The fraction of sp³-hybridized carbons (Fsp3) is 0.688. The van der Waals surface area contributed by atoms with E-state index >= 15 is 0 Å². The van der Waals surface area contributed by atoms with Gasteiger partial charge in [-0.05, 0) is 39.9 Å². The lowest BCUT2D eigenvalue weighted by molar-refractivity contribution is 0.0201. The third-order valence-electron chi connectivity index (χ3n) is 3.86. The maximum absolute atomic E-state index is 12.2. The van der Waals surface area contributed by atoms with Gasteiger partial charge in [0.25, 0.3) is 0 Å². The lowest BCUT2D eigenvalue weighted by Gasteiger charge is -2.37. The predicted molar refractivity (Wildman–Crippen MR) is 98.1 cm³/mol. The summed E-state index contributed by atoms with van der Waals surface area (Å²) in [4.78, 5) is 24.8. The Labute approximate surface area is 152 Å². The van der Waals surface area contributed by atoms with Crippen molar-refractivity contribution in [1.82, 2.24) is 14.9 Å². The molecule has 1 aliphatic rings. The van der Waals surface area contributed by atoms with Crippen molar-refractivity contribution in [3.05, 3.63) is 11.2 Å². The Kier molecular flexibility index (Phi) is 6.20. The fourth-order valence-electron chi connectivity index (χ4n) is 2.60. The second-order valence-electron chi connectivity index (χ2n) is 6.85. The van der Waals surface area contributed by atoms with E-state index in [0.29, 0.717) is 10.3 Å². The first kappa shape index (κ1) is 19.1. The number of carbonyl (C=O) groups is 1. The van der Waals surface area contributed by atoms with Crippen molar-refractivity contribution in [2.75, 3.05) is 31.3 Å². The van der Waals surface area contributed by atoms with Crippen LogP contribution in [0.15, 0.2) is 11.2 Å². The Bertz CT molecular complexity index is 586. The molecule has 1 aromatic heterocycles. The number of thioether (sulfide) groups is 1. The fourth-order valence-corrected chi connectivity index (χ4v) is 3.21. The van der Waals surface area contributed by atoms with Crippen molar-refractivity contribution in [3.8, 4) is 0 Å². The molecule has 134 valence electrons. The minimum absolute atomic E-state index is 0.174. The number of nitrogens with zero attached hydrogens (tertiary/aromatic N) is 4. The zero-order valence-electron chi connectivity index (χ0n) is 14.9. The summed E-state index contributed by atoms with van der Waals surface area (Å²) in [5.41, 5.74) is -0.474. The summed E-state index contributed by atoms with van der Waals surface area (Å²) in [7, 11) is 1.81. The van der Waals surface area contributed by atoms with Crippen molar-refractivity contribution < 1.29 is 9.53 Å². The number of hydrogen-bond donors (Lipinski definition) is 0. The highest BCUT2D eigenvalue weighted by Crippen LogP contribution is 2.25. The highest BCUT2D eigenvalue weighted by atomic mass is 35.5. The molecular weight excluding hydrogens is 348 g/mol. The molecule has 0 aliphatic carbocycles. The normalized spacial score (nSPS) is 16.2. The Morgan fingerprint density at radius 1 is 1.38 bits per heavy atom. The zero-order valence-corrected chi connectivity index (χ0v) is 16.4. The lowest BCUT2D eigenvalue weighted by atomic mass is 10.0. The van der Waals surface area contributed by atoms with Crippen molar-refractivity contribution in [2.45, 2.75) is 50.4 Å². The molecule has 8 heteroatoms. The molecule has 2 heterocycles. The second-order valence-corrected chi connectivity index (χ2v) is 8.01. The van der Waals surface area contributed by atoms with Crippen LogP contribution >= 0.6 is 23.4 Å². The van der Waals surface area contributed by atoms with E-state index in [-0.39, 0.29) is 12.1 Å². The third kappa shape index (κ3) is 5.14. The molecule has 1 aliphatic heterocycles. The highest BCUT2D eigenvalue weighted by molar-refractivity contribution is 7.98. The average molecular weight is 373 g/mol. The van der Waals surface area contributed by atoms with Crippen LogP contribution in [0.2, 0.25) is 5.15 Å². The third-order valence-corrected chi connectivity index (χ3v) is 4.60. The van der Waals surface area contributed by atoms with E-state index in [0.717, 1.165) is 31.7 Å². The molecule has 0 saturated carbocycles. The number of anilines is 1. The van der Waals surface area contributed by atoms with Gasteiger partial charge in [-0.15, -0.1) is 0 Å². The van der Waals surface area contributed by atoms with E-state index in [1.165, 1.54) is 11.8 Å². The smallest absolute Gasteiger partial charge is 0.410 e. The standard InChI is InChI=1S/C16H25ClN4O2S/c1-16(2,3)23-15(22)20(4)11-6-8-21(9-7-11)13-10-12(17)18-14(19-13)24-5/h10-11H,6-9H2,1-5H3. The second kappa shape index (κ2) is 7.78. The van der Waals surface area contributed by atoms with Crippen molar-refractivity contribution in [2.24, 2.45) is 0 Å². The number of aromatic nitrogens is 2. The van der Waals surface area contributed by atoms with Crippen LogP contribution in [0.1, 0.15) is 33.6 Å². The van der Waals surface area contributed by atoms with Crippen LogP contribution in [0.25, 0.3) is 0 Å². The van der Waals surface area contributed by atoms with Crippen LogP contribution in [0.3, 0.4) is 0 Å². The monoisotopic (exact) mass is 372 g/mol. The molecule has 1 fully saturated rings. The molecule has 24 heavy (non-hydrogen) atoms. The zero-order chi connectivity index (χ0) is 17.9. The van der Waals surface area contributed by atoms with Crippen LogP contribution in [-0.4, -0.2) is 59.0 Å². The first-order chi connectivity index (χ1) is 11.2. The molecule has 6 nitrogen and oxygen atoms in total. The summed E-state index contributed by atoms with van der Waals surface area (Å²) in [6.07, 6.45) is 3.39. The molecule has 0 atom stereocenters. The number of amides is 1. The summed E-state index contributed by atoms with van der Waals surface area (Å²) in [5.74, 6) is 0.845. The van der Waals surface area contributed by atoms with Gasteiger partial charge in [0.15, 0.2) is 5.16 Å². The Balaban J connectivity index is 1.96. The number of piperidine rings is 1. The molecule has 1 saturated heterocycles. The number of hydrogen-bond acceptors (Lipinski definition) is 6. The van der Waals surface area contributed by atoms with Crippen molar-refractivity contribution in [3.63, 3.8) is 0 Å².